The first kappa shape index (κ1) is 11.7. The molecular formula is C9H7ClF2O3. The lowest BCUT2D eigenvalue weighted by Crippen LogP contribution is -2.08. The van der Waals surface area contributed by atoms with Gasteiger partial charge >= 0.3 is 12.6 Å². The average molecular weight is 237 g/mol. The highest BCUT2D eigenvalue weighted by Gasteiger charge is 2.18. The Bertz CT molecular complexity index is 393. The molecule has 0 aliphatic carbocycles. The van der Waals surface area contributed by atoms with Crippen molar-refractivity contribution in [2.45, 2.75) is 13.5 Å². The summed E-state index contributed by atoms with van der Waals surface area (Å²) in [6.45, 7) is -1.51. The molecule has 1 rings (SSSR count). The molecule has 82 valence electrons. The molecule has 1 aromatic carbocycles. The lowest BCUT2D eigenvalue weighted by atomic mass is 10.1. The van der Waals surface area contributed by atoms with Gasteiger partial charge in [0.25, 0.3) is 0 Å². The van der Waals surface area contributed by atoms with Crippen molar-refractivity contribution in [1.29, 1.82) is 0 Å². The molecule has 0 saturated carbocycles. The number of halogens is 3. The van der Waals surface area contributed by atoms with E-state index in [1.54, 1.807) is 6.92 Å². The number of hydrogen-bond donors (Lipinski definition) is 1. The molecule has 0 aromatic heterocycles. The zero-order chi connectivity index (χ0) is 11.6. The summed E-state index contributed by atoms with van der Waals surface area (Å²) in [6, 6.07) is 2.57. The molecule has 0 saturated heterocycles. The van der Waals surface area contributed by atoms with E-state index in [0.717, 1.165) is 0 Å². The molecule has 0 aliphatic rings. The maximum atomic E-state index is 12.0. The van der Waals surface area contributed by atoms with E-state index >= 15 is 0 Å². The Morgan fingerprint density at radius 3 is 2.60 bits per heavy atom. The quantitative estimate of drug-likeness (QED) is 0.878. The third-order valence-electron chi connectivity index (χ3n) is 1.63. The first-order valence-corrected chi connectivity index (χ1v) is 4.28. The fourth-order valence-corrected chi connectivity index (χ4v) is 1.42. The first-order chi connectivity index (χ1) is 6.91. The van der Waals surface area contributed by atoms with Crippen LogP contribution in [0, 0.1) is 6.92 Å². The predicted molar refractivity (Wildman–Crippen MR) is 49.8 cm³/mol. The Kier molecular flexibility index (Phi) is 3.47. The van der Waals surface area contributed by atoms with Crippen LogP contribution < -0.4 is 4.74 Å². The van der Waals surface area contributed by atoms with Gasteiger partial charge in [0.2, 0.25) is 0 Å². The zero-order valence-electron chi connectivity index (χ0n) is 7.63. The molecular weight excluding hydrogens is 230 g/mol. The molecule has 0 heterocycles. The standard InChI is InChI=1S/C9H7ClF2O3/c1-4-2-5(8(13)14)7(6(10)3-4)15-9(11)12/h2-3,9H,1H3,(H,13,14). The topological polar surface area (TPSA) is 46.5 Å². The van der Waals surface area contributed by atoms with Crippen LogP contribution in [0.1, 0.15) is 15.9 Å². The second kappa shape index (κ2) is 4.44. The maximum Gasteiger partial charge on any atom is 0.387 e. The number of carboxylic acid groups (broad SMARTS) is 1. The second-order valence-electron chi connectivity index (χ2n) is 2.81. The van der Waals surface area contributed by atoms with Crippen molar-refractivity contribution in [3.63, 3.8) is 0 Å². The Morgan fingerprint density at radius 2 is 2.13 bits per heavy atom. The van der Waals surface area contributed by atoms with Gasteiger partial charge in [-0.05, 0) is 24.6 Å². The summed E-state index contributed by atoms with van der Waals surface area (Å²) in [5, 5.41) is 8.60. The minimum absolute atomic E-state index is 0.146. The molecule has 1 N–H and O–H groups in total. The molecule has 0 radical (unpaired) electrons. The van der Waals surface area contributed by atoms with E-state index in [-0.39, 0.29) is 10.6 Å². The third-order valence-corrected chi connectivity index (χ3v) is 1.91. The Morgan fingerprint density at radius 1 is 1.53 bits per heavy atom. The molecule has 0 aliphatic heterocycles. The molecule has 0 fully saturated rings. The molecule has 6 heteroatoms. The van der Waals surface area contributed by atoms with Gasteiger partial charge in [0.15, 0.2) is 5.75 Å². The molecule has 0 unspecified atom stereocenters. The van der Waals surface area contributed by atoms with Gasteiger partial charge in [0.05, 0.1) is 5.02 Å². The molecule has 0 amide bonds. The number of carboxylic acids is 1. The fraction of sp³-hybridized carbons (Fsp3) is 0.222. The van der Waals surface area contributed by atoms with E-state index in [2.05, 4.69) is 4.74 Å². The first-order valence-electron chi connectivity index (χ1n) is 3.90. The third kappa shape index (κ3) is 2.79. The smallest absolute Gasteiger partial charge is 0.387 e. The lowest BCUT2D eigenvalue weighted by Gasteiger charge is -2.10. The van der Waals surface area contributed by atoms with Crippen LogP contribution in [0.15, 0.2) is 12.1 Å². The van der Waals surface area contributed by atoms with Gasteiger partial charge in [-0.2, -0.15) is 8.78 Å². The van der Waals surface area contributed by atoms with Crippen LogP contribution >= 0.6 is 11.6 Å². The Labute approximate surface area is 89.2 Å². The summed E-state index contributed by atoms with van der Waals surface area (Å²) in [5.41, 5.74) is 0.180. The number of rotatable bonds is 3. The normalized spacial score (nSPS) is 10.5. The van der Waals surface area contributed by atoms with Gasteiger partial charge in [0.1, 0.15) is 5.56 Å². The van der Waals surface area contributed by atoms with Gasteiger partial charge < -0.3 is 9.84 Å². The van der Waals surface area contributed by atoms with E-state index in [0.29, 0.717) is 5.56 Å². The van der Waals surface area contributed by atoms with Gasteiger partial charge in [-0.3, -0.25) is 0 Å². The molecule has 3 nitrogen and oxygen atoms in total. The van der Waals surface area contributed by atoms with Crippen LogP contribution in [0.25, 0.3) is 0 Å². The van der Waals surface area contributed by atoms with Gasteiger partial charge in [0, 0.05) is 0 Å². The fourth-order valence-electron chi connectivity index (χ4n) is 1.10. The van der Waals surface area contributed by atoms with Crippen molar-refractivity contribution in [1.82, 2.24) is 0 Å². The van der Waals surface area contributed by atoms with E-state index in [9.17, 15) is 13.6 Å². The van der Waals surface area contributed by atoms with Crippen LogP contribution in [0.2, 0.25) is 5.02 Å². The minimum Gasteiger partial charge on any atom is -0.478 e. The highest BCUT2D eigenvalue weighted by Crippen LogP contribution is 2.31. The van der Waals surface area contributed by atoms with Gasteiger partial charge in [-0.25, -0.2) is 4.79 Å². The predicted octanol–water partition coefficient (Wildman–Crippen LogP) is 2.95. The van der Waals surface area contributed by atoms with Crippen molar-refractivity contribution < 1.29 is 23.4 Å². The Balaban J connectivity index is 3.27. The van der Waals surface area contributed by atoms with Crippen LogP contribution in [0.5, 0.6) is 5.75 Å². The SMILES string of the molecule is Cc1cc(Cl)c(OC(F)F)c(C(=O)O)c1. The summed E-state index contributed by atoms with van der Waals surface area (Å²) in [5.74, 6) is -1.87. The lowest BCUT2D eigenvalue weighted by molar-refractivity contribution is -0.0502. The second-order valence-corrected chi connectivity index (χ2v) is 3.21. The van der Waals surface area contributed by atoms with E-state index in [4.69, 9.17) is 16.7 Å². The van der Waals surface area contributed by atoms with Gasteiger partial charge in [-0.1, -0.05) is 11.6 Å². The molecule has 0 atom stereocenters. The average Bonchev–Trinajstić information content (AvgIpc) is 2.08. The zero-order valence-corrected chi connectivity index (χ0v) is 8.39. The molecule has 1 aromatic rings. The summed E-state index contributed by atoms with van der Waals surface area (Å²) < 4.78 is 28.0. The Hall–Kier alpha value is -1.36. The highest BCUT2D eigenvalue weighted by molar-refractivity contribution is 6.32. The van der Waals surface area contributed by atoms with Crippen LogP contribution in [-0.2, 0) is 0 Å². The number of alkyl halides is 2. The maximum absolute atomic E-state index is 12.0. The van der Waals surface area contributed by atoms with Crippen molar-refractivity contribution in [2.75, 3.05) is 0 Å². The number of aromatic carboxylic acids is 1. The van der Waals surface area contributed by atoms with Crippen molar-refractivity contribution in [3.05, 3.63) is 28.3 Å². The number of aryl methyl sites for hydroxylation is 1. The summed E-state index contributed by atoms with van der Waals surface area (Å²) in [6.07, 6.45) is 0. The summed E-state index contributed by atoms with van der Waals surface area (Å²) in [4.78, 5) is 10.7. The van der Waals surface area contributed by atoms with Crippen molar-refractivity contribution >= 4 is 17.6 Å². The number of carbonyl (C=O) groups is 1. The molecule has 0 spiro atoms. The van der Waals surface area contributed by atoms with E-state index < -0.39 is 18.3 Å². The summed E-state index contributed by atoms with van der Waals surface area (Å²) >= 11 is 5.60. The number of benzene rings is 1. The van der Waals surface area contributed by atoms with E-state index in [1.165, 1.54) is 12.1 Å². The molecule has 15 heavy (non-hydrogen) atoms. The number of ether oxygens (including phenoxy) is 1. The van der Waals surface area contributed by atoms with Crippen LogP contribution in [0.4, 0.5) is 8.78 Å². The molecule has 0 bridgehead atoms. The van der Waals surface area contributed by atoms with E-state index in [1.807, 2.05) is 0 Å². The van der Waals surface area contributed by atoms with Crippen molar-refractivity contribution in [2.24, 2.45) is 0 Å². The van der Waals surface area contributed by atoms with Gasteiger partial charge in [-0.15, -0.1) is 0 Å². The van der Waals surface area contributed by atoms with Crippen molar-refractivity contribution in [3.8, 4) is 5.75 Å². The summed E-state index contributed by atoms with van der Waals surface area (Å²) in [7, 11) is 0. The highest BCUT2D eigenvalue weighted by atomic mass is 35.5. The largest absolute Gasteiger partial charge is 0.478 e. The monoisotopic (exact) mass is 236 g/mol. The van der Waals surface area contributed by atoms with Crippen LogP contribution in [-0.4, -0.2) is 17.7 Å². The van der Waals surface area contributed by atoms with Crippen LogP contribution in [0.3, 0.4) is 0 Å². The minimum atomic E-state index is -3.11. The number of hydrogen-bond acceptors (Lipinski definition) is 2.